The minimum Gasteiger partial charge on any atom is -0.396 e. The summed E-state index contributed by atoms with van der Waals surface area (Å²) in [6.45, 7) is 2.93. The first-order chi connectivity index (χ1) is 14.0. The Morgan fingerprint density at radius 1 is 1.28 bits per heavy atom. The van der Waals surface area contributed by atoms with E-state index in [2.05, 4.69) is 47.8 Å². The lowest BCUT2D eigenvalue weighted by Gasteiger charge is -2.40. The molecule has 2 aliphatic carbocycles. The number of aliphatic hydroxyl groups is 1. The zero-order valence-corrected chi connectivity index (χ0v) is 17.8. The van der Waals surface area contributed by atoms with Crippen LogP contribution in [0.2, 0.25) is 0 Å². The lowest BCUT2D eigenvalue weighted by molar-refractivity contribution is -0.123. The summed E-state index contributed by atoms with van der Waals surface area (Å²) in [6.07, 6.45) is 7.27. The number of likely N-dealkylation sites (N-methyl/N-ethyl adjacent to an activating group) is 1. The number of Topliss-reactive ketones (excluding diaryl/α,β-unsaturated/α-hetero) is 1. The Balaban J connectivity index is 1.58. The number of ketones is 1. The lowest BCUT2D eigenvalue weighted by Crippen LogP contribution is -2.44. The molecule has 1 aliphatic heterocycles. The van der Waals surface area contributed by atoms with Gasteiger partial charge in [-0.3, -0.25) is 9.69 Å². The van der Waals surface area contributed by atoms with Crippen LogP contribution in [0.3, 0.4) is 0 Å². The van der Waals surface area contributed by atoms with Crippen LogP contribution in [0, 0.1) is 11.8 Å². The molecule has 3 atom stereocenters. The maximum absolute atomic E-state index is 13.0. The Morgan fingerprint density at radius 2 is 2.07 bits per heavy atom. The highest BCUT2D eigenvalue weighted by Crippen LogP contribution is 2.49. The van der Waals surface area contributed by atoms with E-state index < -0.39 is 0 Å². The third kappa shape index (κ3) is 3.00. The fraction of sp³-hybridized carbons (Fsp3) is 0.560. The summed E-state index contributed by atoms with van der Waals surface area (Å²) in [7, 11) is 4.40. The number of aliphatic hydroxyl groups excluding tert-OH is 1. The zero-order chi connectivity index (χ0) is 20.3. The predicted molar refractivity (Wildman–Crippen MR) is 117 cm³/mol. The number of rotatable bonds is 6. The Hall–Kier alpha value is -1.91. The van der Waals surface area contributed by atoms with Crippen molar-refractivity contribution in [2.45, 2.75) is 51.0 Å². The second-order valence-corrected chi connectivity index (χ2v) is 9.41. The van der Waals surface area contributed by atoms with Crippen LogP contribution in [0.5, 0.6) is 0 Å². The van der Waals surface area contributed by atoms with Gasteiger partial charge >= 0.3 is 0 Å². The molecule has 0 spiro atoms. The van der Waals surface area contributed by atoms with Crippen molar-refractivity contribution >= 4 is 22.3 Å². The van der Waals surface area contributed by atoms with Crippen molar-refractivity contribution < 1.29 is 9.90 Å². The van der Waals surface area contributed by atoms with E-state index >= 15 is 0 Å². The number of carbonyl (C=O) groups excluding carboxylic acids is 1. The van der Waals surface area contributed by atoms with Crippen LogP contribution in [0.4, 0.5) is 0 Å². The van der Waals surface area contributed by atoms with E-state index in [-0.39, 0.29) is 24.2 Å². The van der Waals surface area contributed by atoms with Gasteiger partial charge in [-0.2, -0.15) is 0 Å². The lowest BCUT2D eigenvalue weighted by atomic mass is 9.77. The van der Waals surface area contributed by atoms with Crippen LogP contribution in [0.25, 0.3) is 16.5 Å². The number of aromatic nitrogens is 1. The van der Waals surface area contributed by atoms with Gasteiger partial charge in [-0.05, 0) is 60.9 Å². The van der Waals surface area contributed by atoms with Gasteiger partial charge in [0.05, 0.1) is 0 Å². The van der Waals surface area contributed by atoms with E-state index in [4.69, 9.17) is 0 Å². The van der Waals surface area contributed by atoms with Crippen molar-refractivity contribution in [3.63, 3.8) is 0 Å². The molecule has 4 nitrogen and oxygen atoms in total. The topological polar surface area (TPSA) is 45.5 Å². The third-order valence-corrected chi connectivity index (χ3v) is 7.54. The number of aryl methyl sites for hydroxylation is 1. The van der Waals surface area contributed by atoms with Crippen LogP contribution in [0.1, 0.15) is 55.3 Å². The monoisotopic (exact) mass is 392 g/mol. The third-order valence-electron chi connectivity index (χ3n) is 7.54. The first-order valence-corrected chi connectivity index (χ1v) is 11.2. The number of fused-ring (bicyclic) bond motifs is 2. The quantitative estimate of drug-likeness (QED) is 0.811. The highest BCUT2D eigenvalue weighted by atomic mass is 16.3. The molecule has 0 unspecified atom stereocenters. The molecule has 5 rings (SSSR count). The largest absolute Gasteiger partial charge is 0.396 e. The smallest absolute Gasteiger partial charge is 0.141 e. The molecule has 0 radical (unpaired) electrons. The van der Waals surface area contributed by atoms with Gasteiger partial charge in [0.25, 0.3) is 0 Å². The SMILES string of the molecule is CC[C@@H](CO)CC(=O)[C@@H]1C=C2c3cccc4c3c(c(C3CC3)n4C)C[C@H]2N(C)C1. The molecule has 0 amide bonds. The van der Waals surface area contributed by atoms with Gasteiger partial charge in [0, 0.05) is 55.2 Å². The summed E-state index contributed by atoms with van der Waals surface area (Å²) in [5, 5.41) is 10.9. The number of nitrogens with zero attached hydrogens (tertiary/aromatic N) is 2. The summed E-state index contributed by atoms with van der Waals surface area (Å²) in [5.74, 6) is 1.01. The van der Waals surface area contributed by atoms with E-state index in [1.165, 1.54) is 34.9 Å². The zero-order valence-electron chi connectivity index (χ0n) is 17.8. The van der Waals surface area contributed by atoms with Gasteiger partial charge in [-0.1, -0.05) is 31.6 Å². The number of benzene rings is 1. The standard InChI is InChI=1S/C25H32N2O2/c1-4-15(14-28)10-23(29)17-11-19-18-6-5-7-21-24(18)20(12-22(19)26(2)13-17)25(27(21)3)16-8-9-16/h5-7,11,15-17,22,28H,4,8-10,12-14H2,1-3H3/t15-,17-,22-/m1/s1. The summed E-state index contributed by atoms with van der Waals surface area (Å²) in [5.41, 5.74) is 7.09. The molecular formula is C25H32N2O2. The normalized spacial score (nSPS) is 25.0. The number of hydrogen-bond acceptors (Lipinski definition) is 3. The predicted octanol–water partition coefficient (Wildman–Crippen LogP) is 3.90. The van der Waals surface area contributed by atoms with Gasteiger partial charge in [0.15, 0.2) is 0 Å². The molecular weight excluding hydrogens is 360 g/mol. The first-order valence-electron chi connectivity index (χ1n) is 11.2. The van der Waals surface area contributed by atoms with Crippen LogP contribution in [-0.4, -0.2) is 46.6 Å². The van der Waals surface area contributed by atoms with Crippen molar-refractivity contribution in [1.29, 1.82) is 0 Å². The van der Waals surface area contributed by atoms with Crippen molar-refractivity contribution in [2.75, 3.05) is 20.2 Å². The molecule has 2 heterocycles. The number of hydrogen-bond donors (Lipinski definition) is 1. The Kier molecular flexibility index (Phi) is 4.67. The molecule has 4 heteroatoms. The van der Waals surface area contributed by atoms with Crippen molar-refractivity contribution in [2.24, 2.45) is 18.9 Å². The molecule has 0 saturated heterocycles. The Labute approximate surface area is 173 Å². The van der Waals surface area contributed by atoms with Gasteiger partial charge in [-0.25, -0.2) is 0 Å². The second kappa shape index (κ2) is 7.10. The number of carbonyl (C=O) groups is 1. The molecule has 0 bridgehead atoms. The molecule has 1 aromatic carbocycles. The van der Waals surface area contributed by atoms with E-state index in [0.717, 1.165) is 25.3 Å². The van der Waals surface area contributed by atoms with Gasteiger partial charge in [-0.15, -0.1) is 0 Å². The van der Waals surface area contributed by atoms with E-state index in [9.17, 15) is 9.90 Å². The molecule has 1 aromatic heterocycles. The maximum atomic E-state index is 13.0. The van der Waals surface area contributed by atoms with Crippen molar-refractivity contribution in [3.05, 3.63) is 41.1 Å². The Bertz CT molecular complexity index is 994. The molecule has 154 valence electrons. The molecule has 1 N–H and O–H groups in total. The summed E-state index contributed by atoms with van der Waals surface area (Å²) in [4.78, 5) is 15.4. The van der Waals surface area contributed by atoms with E-state index in [1.807, 2.05) is 6.92 Å². The molecule has 2 aromatic rings. The second-order valence-electron chi connectivity index (χ2n) is 9.41. The van der Waals surface area contributed by atoms with Crippen LogP contribution in [-0.2, 0) is 18.3 Å². The highest BCUT2D eigenvalue weighted by Gasteiger charge is 2.39. The van der Waals surface area contributed by atoms with Crippen LogP contribution < -0.4 is 0 Å². The average Bonchev–Trinajstić information content (AvgIpc) is 3.52. The summed E-state index contributed by atoms with van der Waals surface area (Å²) >= 11 is 0. The first kappa shape index (κ1) is 19.1. The van der Waals surface area contributed by atoms with Gasteiger partial charge < -0.3 is 9.67 Å². The Morgan fingerprint density at radius 3 is 2.76 bits per heavy atom. The van der Waals surface area contributed by atoms with E-state index in [1.54, 1.807) is 11.3 Å². The molecule has 1 saturated carbocycles. The van der Waals surface area contributed by atoms with Gasteiger partial charge in [0.1, 0.15) is 5.78 Å². The van der Waals surface area contributed by atoms with Crippen LogP contribution >= 0.6 is 0 Å². The average molecular weight is 393 g/mol. The van der Waals surface area contributed by atoms with Gasteiger partial charge in [0.2, 0.25) is 0 Å². The highest BCUT2D eigenvalue weighted by molar-refractivity contribution is 6.00. The van der Waals surface area contributed by atoms with Crippen molar-refractivity contribution in [3.8, 4) is 0 Å². The molecule has 29 heavy (non-hydrogen) atoms. The minimum atomic E-state index is -0.0738. The van der Waals surface area contributed by atoms with E-state index in [0.29, 0.717) is 12.5 Å². The molecule has 3 aliphatic rings. The van der Waals surface area contributed by atoms with Crippen molar-refractivity contribution in [1.82, 2.24) is 9.47 Å². The fourth-order valence-corrected chi connectivity index (χ4v) is 5.67. The fourth-order valence-electron chi connectivity index (χ4n) is 5.67. The summed E-state index contributed by atoms with van der Waals surface area (Å²) in [6, 6.07) is 7.03. The summed E-state index contributed by atoms with van der Waals surface area (Å²) < 4.78 is 2.43. The molecule has 1 fully saturated rings. The minimum absolute atomic E-state index is 0.0738. The maximum Gasteiger partial charge on any atom is 0.141 e. The van der Waals surface area contributed by atoms with Crippen LogP contribution in [0.15, 0.2) is 24.3 Å².